The van der Waals surface area contributed by atoms with E-state index in [1.54, 1.807) is 0 Å². The van der Waals surface area contributed by atoms with Gasteiger partial charge >= 0.3 is 0 Å². The zero-order valence-electron chi connectivity index (χ0n) is 11.4. The van der Waals surface area contributed by atoms with Gasteiger partial charge in [0.25, 0.3) is 0 Å². The van der Waals surface area contributed by atoms with Gasteiger partial charge in [-0.15, -0.1) is 0 Å². The molecule has 0 aliphatic rings. The van der Waals surface area contributed by atoms with Crippen molar-refractivity contribution in [2.24, 2.45) is 5.92 Å². The molecule has 18 heavy (non-hydrogen) atoms. The van der Waals surface area contributed by atoms with Gasteiger partial charge in [0.1, 0.15) is 0 Å². The number of hydrogen-bond acceptors (Lipinski definition) is 1. The predicted octanol–water partition coefficient (Wildman–Crippen LogP) is 5.09. The summed E-state index contributed by atoms with van der Waals surface area (Å²) in [5.41, 5.74) is 2.36. The number of fused-ring (bicyclic) bond motifs is 1. The SMILES string of the molecule is CC(C)CCCC(C)n1c(=S)[nH]c2ccccc21. The minimum Gasteiger partial charge on any atom is -0.331 e. The number of nitrogens with zero attached hydrogens (tertiary/aromatic N) is 1. The van der Waals surface area contributed by atoms with Gasteiger partial charge < -0.3 is 9.55 Å². The number of nitrogens with one attached hydrogen (secondary N) is 1. The maximum Gasteiger partial charge on any atom is 0.178 e. The van der Waals surface area contributed by atoms with Gasteiger partial charge in [0.15, 0.2) is 4.77 Å². The molecule has 1 atom stereocenters. The van der Waals surface area contributed by atoms with E-state index in [9.17, 15) is 0 Å². The number of imidazole rings is 1. The Balaban J connectivity index is 2.19. The minimum atomic E-state index is 0.465. The highest BCUT2D eigenvalue weighted by molar-refractivity contribution is 7.71. The van der Waals surface area contributed by atoms with Crippen molar-refractivity contribution in [1.29, 1.82) is 0 Å². The summed E-state index contributed by atoms with van der Waals surface area (Å²) in [5, 5.41) is 0. The first-order valence-corrected chi connectivity index (χ1v) is 7.19. The number of para-hydroxylation sites is 2. The average Bonchev–Trinajstić information content (AvgIpc) is 2.64. The summed E-state index contributed by atoms with van der Waals surface area (Å²) < 4.78 is 3.10. The molecule has 2 nitrogen and oxygen atoms in total. The Morgan fingerprint density at radius 2 is 1.89 bits per heavy atom. The Morgan fingerprint density at radius 1 is 1.17 bits per heavy atom. The molecule has 1 heterocycles. The summed E-state index contributed by atoms with van der Waals surface area (Å²) in [5.74, 6) is 0.785. The van der Waals surface area contributed by atoms with Crippen LogP contribution in [-0.2, 0) is 0 Å². The van der Waals surface area contributed by atoms with Crippen LogP contribution in [0.2, 0.25) is 0 Å². The van der Waals surface area contributed by atoms with Crippen molar-refractivity contribution in [2.45, 2.75) is 46.1 Å². The van der Waals surface area contributed by atoms with Crippen LogP contribution < -0.4 is 0 Å². The monoisotopic (exact) mass is 262 g/mol. The first-order valence-electron chi connectivity index (χ1n) is 6.79. The van der Waals surface area contributed by atoms with Crippen LogP contribution in [0.15, 0.2) is 24.3 Å². The summed E-state index contributed by atoms with van der Waals surface area (Å²) in [7, 11) is 0. The summed E-state index contributed by atoms with van der Waals surface area (Å²) in [6, 6.07) is 8.81. The van der Waals surface area contributed by atoms with Gasteiger partial charge in [0.05, 0.1) is 11.0 Å². The van der Waals surface area contributed by atoms with E-state index in [0.29, 0.717) is 6.04 Å². The van der Waals surface area contributed by atoms with Gasteiger partial charge in [-0.3, -0.25) is 0 Å². The molecule has 0 saturated heterocycles. The van der Waals surface area contributed by atoms with Crippen molar-refractivity contribution in [3.8, 4) is 0 Å². The fourth-order valence-corrected chi connectivity index (χ4v) is 2.85. The smallest absolute Gasteiger partial charge is 0.178 e. The third-order valence-electron chi connectivity index (χ3n) is 3.47. The molecule has 2 rings (SSSR count). The van der Waals surface area contributed by atoms with Crippen molar-refractivity contribution in [3.63, 3.8) is 0 Å². The van der Waals surface area contributed by atoms with Crippen molar-refractivity contribution in [1.82, 2.24) is 9.55 Å². The molecule has 98 valence electrons. The maximum absolute atomic E-state index is 5.44. The molecule has 0 bridgehead atoms. The molecule has 1 aromatic heterocycles. The van der Waals surface area contributed by atoms with Gasteiger partial charge in [-0.2, -0.15) is 0 Å². The lowest BCUT2D eigenvalue weighted by Crippen LogP contribution is -2.05. The van der Waals surface area contributed by atoms with Gasteiger partial charge in [-0.25, -0.2) is 0 Å². The van der Waals surface area contributed by atoms with Crippen molar-refractivity contribution >= 4 is 23.3 Å². The van der Waals surface area contributed by atoms with E-state index >= 15 is 0 Å². The molecular weight excluding hydrogens is 240 g/mol. The highest BCUT2D eigenvalue weighted by Crippen LogP contribution is 2.23. The predicted molar refractivity (Wildman–Crippen MR) is 80.5 cm³/mol. The van der Waals surface area contributed by atoms with Crippen LogP contribution >= 0.6 is 12.2 Å². The molecule has 0 fully saturated rings. The van der Waals surface area contributed by atoms with Crippen molar-refractivity contribution < 1.29 is 0 Å². The van der Waals surface area contributed by atoms with E-state index in [1.807, 2.05) is 6.07 Å². The molecule has 2 aromatic rings. The van der Waals surface area contributed by atoms with Crippen LogP contribution in [0.1, 0.15) is 46.1 Å². The van der Waals surface area contributed by atoms with E-state index in [-0.39, 0.29) is 0 Å². The Bertz CT molecular complexity index is 565. The van der Waals surface area contributed by atoms with Gasteiger partial charge in [-0.1, -0.05) is 38.8 Å². The summed E-state index contributed by atoms with van der Waals surface area (Å²) in [6.07, 6.45) is 3.74. The van der Waals surface area contributed by atoms with E-state index in [4.69, 9.17) is 12.2 Å². The second kappa shape index (κ2) is 5.70. The first-order chi connectivity index (χ1) is 8.59. The van der Waals surface area contributed by atoms with Gasteiger partial charge in [0, 0.05) is 6.04 Å². The number of rotatable bonds is 5. The van der Waals surface area contributed by atoms with Crippen LogP contribution in [0, 0.1) is 10.7 Å². The lowest BCUT2D eigenvalue weighted by atomic mass is 10.0. The minimum absolute atomic E-state index is 0.465. The lowest BCUT2D eigenvalue weighted by Gasteiger charge is -2.15. The molecule has 0 amide bonds. The fraction of sp³-hybridized carbons (Fsp3) is 0.533. The van der Waals surface area contributed by atoms with Crippen LogP contribution in [0.25, 0.3) is 11.0 Å². The lowest BCUT2D eigenvalue weighted by molar-refractivity contribution is 0.451. The molecule has 1 unspecified atom stereocenters. The third kappa shape index (κ3) is 2.83. The summed E-state index contributed by atoms with van der Waals surface area (Å²) in [4.78, 5) is 3.28. The zero-order chi connectivity index (χ0) is 13.1. The average molecular weight is 262 g/mol. The maximum atomic E-state index is 5.44. The van der Waals surface area contributed by atoms with Crippen molar-refractivity contribution in [2.75, 3.05) is 0 Å². The first kappa shape index (κ1) is 13.3. The second-order valence-electron chi connectivity index (χ2n) is 5.49. The van der Waals surface area contributed by atoms with Crippen molar-refractivity contribution in [3.05, 3.63) is 29.0 Å². The molecule has 1 N–H and O–H groups in total. The van der Waals surface area contributed by atoms with Gasteiger partial charge in [-0.05, 0) is 43.6 Å². The van der Waals surface area contributed by atoms with E-state index in [2.05, 4.69) is 48.5 Å². The number of benzene rings is 1. The summed E-state index contributed by atoms with van der Waals surface area (Å²) >= 11 is 5.44. The number of aromatic nitrogens is 2. The van der Waals surface area contributed by atoms with Crippen LogP contribution in [0.4, 0.5) is 0 Å². The highest BCUT2D eigenvalue weighted by Gasteiger charge is 2.10. The number of hydrogen-bond donors (Lipinski definition) is 1. The molecular formula is C15H22N2S. The molecule has 3 heteroatoms. The van der Waals surface area contributed by atoms with E-state index < -0.39 is 0 Å². The molecule has 0 aliphatic heterocycles. The van der Waals surface area contributed by atoms with Gasteiger partial charge in [0.2, 0.25) is 0 Å². The van der Waals surface area contributed by atoms with E-state index in [0.717, 1.165) is 16.2 Å². The summed E-state index contributed by atoms with van der Waals surface area (Å²) in [6.45, 7) is 6.82. The van der Waals surface area contributed by atoms with Crippen LogP contribution in [0.5, 0.6) is 0 Å². The Hall–Kier alpha value is -1.09. The fourth-order valence-electron chi connectivity index (χ4n) is 2.46. The highest BCUT2D eigenvalue weighted by atomic mass is 32.1. The number of H-pyrrole nitrogens is 1. The normalized spacial score (nSPS) is 13.3. The largest absolute Gasteiger partial charge is 0.331 e. The molecule has 0 saturated carbocycles. The zero-order valence-corrected chi connectivity index (χ0v) is 12.3. The Labute approximate surface area is 114 Å². The molecule has 0 aliphatic carbocycles. The third-order valence-corrected chi connectivity index (χ3v) is 3.77. The van der Waals surface area contributed by atoms with E-state index in [1.165, 1.54) is 24.8 Å². The van der Waals surface area contributed by atoms with Crippen LogP contribution in [-0.4, -0.2) is 9.55 Å². The Morgan fingerprint density at radius 3 is 2.61 bits per heavy atom. The van der Waals surface area contributed by atoms with Crippen LogP contribution in [0.3, 0.4) is 0 Å². The topological polar surface area (TPSA) is 20.7 Å². The quantitative estimate of drug-likeness (QED) is 0.745. The molecule has 0 spiro atoms. The standard InChI is InChI=1S/C15H22N2S/c1-11(2)7-6-8-12(3)17-14-10-5-4-9-13(14)16-15(17)18/h4-5,9-12H,6-8H2,1-3H3,(H,16,18). The Kier molecular flexibility index (Phi) is 4.23. The molecule has 0 radical (unpaired) electrons. The number of aromatic amines is 1. The molecule has 1 aromatic carbocycles. The second-order valence-corrected chi connectivity index (χ2v) is 5.88.